The monoisotopic (exact) mass is 469 g/mol. The molecule has 0 unspecified atom stereocenters. The quantitative estimate of drug-likeness (QED) is 0.681. The van der Waals surface area contributed by atoms with Gasteiger partial charge in [-0.2, -0.15) is 13.9 Å². The van der Waals surface area contributed by atoms with E-state index in [0.29, 0.717) is 0 Å². The van der Waals surface area contributed by atoms with Gasteiger partial charge in [-0.15, -0.1) is 0 Å². The Morgan fingerprint density at radius 2 is 1.33 bits per heavy atom. The van der Waals surface area contributed by atoms with Gasteiger partial charge in [-0.25, -0.2) is 16.8 Å². The van der Waals surface area contributed by atoms with Crippen molar-refractivity contribution < 1.29 is 16.8 Å². The lowest BCUT2D eigenvalue weighted by atomic mass is 10.2. The molecule has 27 heavy (non-hydrogen) atoms. The van der Waals surface area contributed by atoms with Crippen LogP contribution in [-0.4, -0.2) is 51.6 Å². The normalized spacial score (nSPS) is 16.7. The lowest BCUT2D eigenvalue weighted by molar-refractivity contribution is 0.273. The van der Waals surface area contributed by atoms with Crippen LogP contribution in [0.1, 0.15) is 5.56 Å². The summed E-state index contributed by atoms with van der Waals surface area (Å²) in [6.45, 7) is 0.147. The summed E-state index contributed by atoms with van der Waals surface area (Å²) >= 11 is 3.27. The summed E-state index contributed by atoms with van der Waals surface area (Å²) < 4.78 is 54.4. The third kappa shape index (κ3) is 3.93. The zero-order valence-corrected chi connectivity index (χ0v) is 17.3. The maximum atomic E-state index is 12.8. The number of hydrogen-bond donors (Lipinski definition) is 0. The SMILES string of the molecule is N#Cc1ccccc1S(=O)(=O)N1CCN(S(=O)(=O)c2ccc(Br)cc2)CC1. The average molecular weight is 470 g/mol. The molecule has 0 radical (unpaired) electrons. The zero-order chi connectivity index (χ0) is 19.7. The van der Waals surface area contributed by atoms with Crippen molar-refractivity contribution in [1.29, 1.82) is 5.26 Å². The molecule has 0 bridgehead atoms. The summed E-state index contributed by atoms with van der Waals surface area (Å²) in [4.78, 5) is 0.105. The van der Waals surface area contributed by atoms with E-state index in [1.165, 1.54) is 32.9 Å². The Kier molecular flexibility index (Phi) is 5.69. The van der Waals surface area contributed by atoms with E-state index in [0.717, 1.165) is 4.47 Å². The van der Waals surface area contributed by atoms with Crippen LogP contribution in [0.3, 0.4) is 0 Å². The van der Waals surface area contributed by atoms with Gasteiger partial charge < -0.3 is 0 Å². The van der Waals surface area contributed by atoms with Crippen LogP contribution in [0, 0.1) is 11.3 Å². The molecule has 0 aromatic heterocycles. The fourth-order valence-corrected chi connectivity index (χ4v) is 6.08. The second kappa shape index (κ2) is 7.69. The largest absolute Gasteiger partial charge is 0.244 e. The van der Waals surface area contributed by atoms with Gasteiger partial charge in [0.1, 0.15) is 6.07 Å². The number of nitrogens with zero attached hydrogens (tertiary/aromatic N) is 3. The number of halogens is 1. The van der Waals surface area contributed by atoms with Gasteiger partial charge in [0.25, 0.3) is 0 Å². The number of hydrogen-bond acceptors (Lipinski definition) is 5. The number of piperazine rings is 1. The highest BCUT2D eigenvalue weighted by atomic mass is 79.9. The van der Waals surface area contributed by atoms with Crippen molar-refractivity contribution in [2.24, 2.45) is 0 Å². The number of nitriles is 1. The van der Waals surface area contributed by atoms with E-state index in [-0.39, 0.29) is 41.5 Å². The summed E-state index contributed by atoms with van der Waals surface area (Å²) in [6, 6.07) is 14.2. The molecule has 0 saturated carbocycles. The van der Waals surface area contributed by atoms with Crippen molar-refractivity contribution in [2.45, 2.75) is 9.79 Å². The van der Waals surface area contributed by atoms with E-state index in [4.69, 9.17) is 5.26 Å². The smallest absolute Gasteiger partial charge is 0.207 e. The number of rotatable bonds is 4. The predicted octanol–water partition coefficient (Wildman–Crippen LogP) is 2.02. The van der Waals surface area contributed by atoms with E-state index >= 15 is 0 Å². The van der Waals surface area contributed by atoms with Crippen LogP contribution < -0.4 is 0 Å². The molecule has 0 spiro atoms. The zero-order valence-electron chi connectivity index (χ0n) is 14.1. The van der Waals surface area contributed by atoms with Gasteiger partial charge in [-0.3, -0.25) is 0 Å². The van der Waals surface area contributed by atoms with Crippen LogP contribution in [-0.2, 0) is 20.0 Å². The molecule has 1 saturated heterocycles. The van der Waals surface area contributed by atoms with Crippen molar-refractivity contribution in [1.82, 2.24) is 8.61 Å². The topological polar surface area (TPSA) is 98.5 Å². The molecule has 0 atom stereocenters. The second-order valence-corrected chi connectivity index (χ2v) is 10.6. The first kappa shape index (κ1) is 20.0. The van der Waals surface area contributed by atoms with Crippen LogP contribution in [0.15, 0.2) is 62.8 Å². The van der Waals surface area contributed by atoms with Gasteiger partial charge >= 0.3 is 0 Å². The molecule has 1 fully saturated rings. The van der Waals surface area contributed by atoms with Crippen molar-refractivity contribution in [3.8, 4) is 6.07 Å². The van der Waals surface area contributed by atoms with E-state index in [1.54, 1.807) is 24.3 Å². The second-order valence-electron chi connectivity index (χ2n) is 5.87. The van der Waals surface area contributed by atoms with E-state index in [1.807, 2.05) is 6.07 Å². The Bertz CT molecular complexity index is 1090. The van der Waals surface area contributed by atoms with Crippen LogP contribution in [0.25, 0.3) is 0 Å². The first-order valence-electron chi connectivity index (χ1n) is 8.02. The Labute approximate surface area is 167 Å². The van der Waals surface area contributed by atoms with Crippen molar-refractivity contribution in [3.63, 3.8) is 0 Å². The van der Waals surface area contributed by atoms with Crippen LogP contribution in [0.4, 0.5) is 0 Å². The first-order valence-corrected chi connectivity index (χ1v) is 11.7. The summed E-state index contributed by atoms with van der Waals surface area (Å²) in [7, 11) is -7.55. The summed E-state index contributed by atoms with van der Waals surface area (Å²) in [6.07, 6.45) is 0. The lowest BCUT2D eigenvalue weighted by Gasteiger charge is -2.33. The molecule has 1 heterocycles. The van der Waals surface area contributed by atoms with Gasteiger partial charge in [0, 0.05) is 30.7 Å². The molecule has 2 aromatic carbocycles. The van der Waals surface area contributed by atoms with Crippen LogP contribution >= 0.6 is 15.9 Å². The molecule has 1 aliphatic heterocycles. The molecule has 1 aliphatic rings. The van der Waals surface area contributed by atoms with E-state index < -0.39 is 20.0 Å². The molecule has 7 nitrogen and oxygen atoms in total. The standard InChI is InChI=1S/C17H16BrN3O4S2/c18-15-5-7-16(8-6-15)26(22,23)20-9-11-21(12-10-20)27(24,25)17-4-2-1-3-14(17)13-19/h1-8H,9-12H2. The molecule has 2 aromatic rings. The minimum Gasteiger partial charge on any atom is -0.207 e. The van der Waals surface area contributed by atoms with Crippen LogP contribution in [0.5, 0.6) is 0 Å². The molecule has 0 amide bonds. The van der Waals surface area contributed by atoms with Gasteiger partial charge in [0.15, 0.2) is 0 Å². The minimum atomic E-state index is -3.86. The highest BCUT2D eigenvalue weighted by Crippen LogP contribution is 2.24. The van der Waals surface area contributed by atoms with Gasteiger partial charge in [-0.05, 0) is 36.4 Å². The van der Waals surface area contributed by atoms with Crippen LogP contribution in [0.2, 0.25) is 0 Å². The Balaban J connectivity index is 1.79. The third-order valence-corrected chi connectivity index (χ3v) is 8.67. The van der Waals surface area contributed by atoms with E-state index in [2.05, 4.69) is 15.9 Å². The third-order valence-electron chi connectivity index (χ3n) is 4.27. The van der Waals surface area contributed by atoms with Crippen molar-refractivity contribution in [2.75, 3.05) is 26.2 Å². The average Bonchev–Trinajstić information content (AvgIpc) is 2.68. The highest BCUT2D eigenvalue weighted by Gasteiger charge is 2.34. The minimum absolute atomic E-state index is 0.0256. The predicted molar refractivity (Wildman–Crippen MR) is 103 cm³/mol. The lowest BCUT2D eigenvalue weighted by Crippen LogP contribution is -2.50. The molecule has 0 N–H and O–H groups in total. The first-order chi connectivity index (χ1) is 12.8. The fourth-order valence-electron chi connectivity index (χ4n) is 2.83. The fraction of sp³-hybridized carbons (Fsp3) is 0.235. The number of benzene rings is 2. The van der Waals surface area contributed by atoms with E-state index in [9.17, 15) is 16.8 Å². The Hall–Kier alpha value is -1.77. The summed E-state index contributed by atoms with van der Waals surface area (Å²) in [5.41, 5.74) is 0.0717. The molecule has 10 heteroatoms. The summed E-state index contributed by atoms with van der Waals surface area (Å²) in [5, 5.41) is 9.15. The molecule has 0 aliphatic carbocycles. The van der Waals surface area contributed by atoms with Crippen molar-refractivity contribution >= 4 is 36.0 Å². The maximum Gasteiger partial charge on any atom is 0.244 e. The summed E-state index contributed by atoms with van der Waals surface area (Å²) in [5.74, 6) is 0. The highest BCUT2D eigenvalue weighted by molar-refractivity contribution is 9.10. The van der Waals surface area contributed by atoms with Gasteiger partial charge in [0.05, 0.1) is 15.4 Å². The Morgan fingerprint density at radius 1 is 0.815 bits per heavy atom. The molecular weight excluding hydrogens is 454 g/mol. The van der Waals surface area contributed by atoms with Crippen molar-refractivity contribution in [3.05, 3.63) is 58.6 Å². The molecule has 3 rings (SSSR count). The van der Waals surface area contributed by atoms with Gasteiger partial charge in [0.2, 0.25) is 20.0 Å². The molecular formula is C17H16BrN3O4S2. The number of sulfonamides is 2. The molecule has 142 valence electrons. The Morgan fingerprint density at radius 3 is 1.89 bits per heavy atom. The van der Waals surface area contributed by atoms with Gasteiger partial charge in [-0.1, -0.05) is 28.1 Å². The maximum absolute atomic E-state index is 12.8.